The van der Waals surface area contributed by atoms with Gasteiger partial charge in [0.1, 0.15) is 17.4 Å². The largest absolute Gasteiger partial charge is 0.491 e. The number of allylic oxidation sites excluding steroid dienone is 1. The number of H-pyrrole nitrogens is 1. The molecule has 0 amide bonds. The van der Waals surface area contributed by atoms with E-state index < -0.39 is 5.92 Å². The fourth-order valence-electron chi connectivity index (χ4n) is 3.94. The van der Waals surface area contributed by atoms with Crippen molar-refractivity contribution < 1.29 is 9.47 Å². The van der Waals surface area contributed by atoms with E-state index in [0.29, 0.717) is 17.2 Å². The molecule has 1 aliphatic heterocycles. The minimum Gasteiger partial charge on any atom is -0.491 e. The number of aromatic nitrogens is 2. The number of nitrogens with two attached hydrogens (primary N) is 1. The van der Waals surface area contributed by atoms with Gasteiger partial charge in [-0.1, -0.05) is 42.0 Å². The van der Waals surface area contributed by atoms with E-state index in [0.717, 1.165) is 27.9 Å². The molecule has 2 aromatic carbocycles. The number of para-hydroxylation sites is 1. The summed E-state index contributed by atoms with van der Waals surface area (Å²) in [5, 5.41) is 17.4. The van der Waals surface area contributed by atoms with Gasteiger partial charge in [-0.25, -0.2) is 0 Å². The maximum Gasteiger partial charge on any atom is 0.244 e. The van der Waals surface area contributed by atoms with Gasteiger partial charge in [0.2, 0.25) is 11.8 Å². The van der Waals surface area contributed by atoms with E-state index in [1.165, 1.54) is 5.56 Å². The zero-order valence-corrected chi connectivity index (χ0v) is 17.5. The Kier molecular flexibility index (Phi) is 4.96. The highest BCUT2D eigenvalue weighted by Gasteiger charge is 2.37. The van der Waals surface area contributed by atoms with Crippen LogP contribution in [0.3, 0.4) is 0 Å². The molecule has 30 heavy (non-hydrogen) atoms. The summed E-state index contributed by atoms with van der Waals surface area (Å²) < 4.78 is 11.8. The Labute approximate surface area is 175 Å². The van der Waals surface area contributed by atoms with Crippen LogP contribution in [0.4, 0.5) is 0 Å². The summed E-state index contributed by atoms with van der Waals surface area (Å²) in [4.78, 5) is 0. The zero-order valence-electron chi connectivity index (χ0n) is 17.5. The van der Waals surface area contributed by atoms with Crippen LogP contribution < -0.4 is 15.2 Å². The lowest BCUT2D eigenvalue weighted by molar-refractivity contribution is 0.239. The molecule has 152 valence electrons. The first-order valence-electron chi connectivity index (χ1n) is 9.89. The number of fused-ring (bicyclic) bond motifs is 1. The number of aryl methyl sites for hydroxylation is 2. The van der Waals surface area contributed by atoms with Crippen molar-refractivity contribution in [2.75, 3.05) is 0 Å². The average Bonchev–Trinajstić information content (AvgIpc) is 3.10. The van der Waals surface area contributed by atoms with Crippen molar-refractivity contribution in [3.8, 4) is 29.0 Å². The first-order chi connectivity index (χ1) is 14.4. The lowest BCUT2D eigenvalue weighted by atomic mass is 9.82. The molecule has 0 aliphatic carbocycles. The molecular formula is C24H24N4O2. The molecule has 6 nitrogen and oxygen atoms in total. The van der Waals surface area contributed by atoms with Crippen molar-refractivity contribution in [1.29, 1.82) is 5.26 Å². The molecule has 1 atom stereocenters. The van der Waals surface area contributed by atoms with Gasteiger partial charge in [0, 0.05) is 11.1 Å². The summed E-state index contributed by atoms with van der Waals surface area (Å²) in [6.07, 6.45) is -0.0134. The number of rotatable bonds is 4. The smallest absolute Gasteiger partial charge is 0.244 e. The highest BCUT2D eigenvalue weighted by atomic mass is 16.5. The number of benzene rings is 2. The van der Waals surface area contributed by atoms with Crippen LogP contribution in [0.1, 0.15) is 42.0 Å². The Morgan fingerprint density at radius 1 is 1.20 bits per heavy atom. The van der Waals surface area contributed by atoms with Crippen molar-refractivity contribution in [2.24, 2.45) is 5.73 Å². The highest BCUT2D eigenvalue weighted by Crippen LogP contribution is 2.48. The Morgan fingerprint density at radius 3 is 2.67 bits per heavy atom. The summed E-state index contributed by atoms with van der Waals surface area (Å²) in [6.45, 7) is 8.06. The van der Waals surface area contributed by atoms with Crippen molar-refractivity contribution >= 4 is 0 Å². The van der Waals surface area contributed by atoms with Gasteiger partial charge in [0.15, 0.2) is 0 Å². The molecule has 2 heterocycles. The van der Waals surface area contributed by atoms with E-state index in [9.17, 15) is 5.26 Å². The molecule has 1 unspecified atom stereocenters. The first kappa shape index (κ1) is 19.6. The number of aromatic amines is 1. The van der Waals surface area contributed by atoms with Gasteiger partial charge in [0.25, 0.3) is 0 Å². The summed E-state index contributed by atoms with van der Waals surface area (Å²) in [7, 11) is 0. The summed E-state index contributed by atoms with van der Waals surface area (Å²) >= 11 is 0. The van der Waals surface area contributed by atoms with E-state index in [-0.39, 0.29) is 12.0 Å². The standard InChI is InChI=1S/C24H24N4O2/c1-13(2)29-19-8-6-5-7-17(19)20-18(12-25)23(26)30-24-21(20)22(27-28-24)16-10-9-14(3)11-15(16)4/h5-11,13,20H,26H2,1-4H3,(H,27,28). The molecular weight excluding hydrogens is 376 g/mol. The third-order valence-corrected chi connectivity index (χ3v) is 5.18. The van der Waals surface area contributed by atoms with Gasteiger partial charge in [-0.05, 0) is 39.3 Å². The number of hydrogen-bond donors (Lipinski definition) is 2. The lowest BCUT2D eigenvalue weighted by Crippen LogP contribution is -2.21. The highest BCUT2D eigenvalue weighted by molar-refractivity contribution is 5.74. The Bertz CT molecular complexity index is 1180. The number of ether oxygens (including phenoxy) is 2. The van der Waals surface area contributed by atoms with Gasteiger partial charge in [-0.3, -0.25) is 5.10 Å². The predicted octanol–water partition coefficient (Wildman–Crippen LogP) is 4.70. The Hall–Kier alpha value is -3.72. The minimum atomic E-state index is -0.455. The van der Waals surface area contributed by atoms with Gasteiger partial charge >= 0.3 is 0 Å². The van der Waals surface area contributed by atoms with Gasteiger partial charge in [-0.2, -0.15) is 5.26 Å². The van der Waals surface area contributed by atoms with Crippen LogP contribution in [0, 0.1) is 25.2 Å². The molecule has 0 radical (unpaired) electrons. The van der Waals surface area contributed by atoms with Crippen LogP contribution in [0.25, 0.3) is 11.3 Å². The monoisotopic (exact) mass is 400 g/mol. The van der Waals surface area contributed by atoms with Crippen LogP contribution in [-0.4, -0.2) is 16.3 Å². The van der Waals surface area contributed by atoms with Crippen LogP contribution in [0.2, 0.25) is 0 Å². The lowest BCUT2D eigenvalue weighted by Gasteiger charge is -2.26. The number of nitrogens with one attached hydrogen (secondary N) is 1. The van der Waals surface area contributed by atoms with Gasteiger partial charge < -0.3 is 15.2 Å². The zero-order chi connectivity index (χ0) is 21.4. The minimum absolute atomic E-state index is 0.0134. The Morgan fingerprint density at radius 2 is 1.97 bits per heavy atom. The van der Waals surface area contributed by atoms with Gasteiger partial charge in [0.05, 0.1) is 23.3 Å². The Balaban J connectivity index is 1.97. The predicted molar refractivity (Wildman–Crippen MR) is 115 cm³/mol. The molecule has 0 saturated carbocycles. The molecule has 3 N–H and O–H groups in total. The van der Waals surface area contributed by atoms with Crippen molar-refractivity contribution in [2.45, 2.75) is 39.7 Å². The first-order valence-corrected chi connectivity index (χ1v) is 9.89. The molecule has 1 aliphatic rings. The molecule has 1 aromatic heterocycles. The van der Waals surface area contributed by atoms with E-state index >= 15 is 0 Å². The maximum absolute atomic E-state index is 9.94. The molecule has 0 saturated heterocycles. The fourth-order valence-corrected chi connectivity index (χ4v) is 3.94. The maximum atomic E-state index is 9.94. The summed E-state index contributed by atoms with van der Waals surface area (Å²) in [5.74, 6) is 0.695. The molecule has 4 rings (SSSR count). The number of hydrogen-bond acceptors (Lipinski definition) is 5. The molecule has 6 heteroatoms. The quantitative estimate of drug-likeness (QED) is 0.662. The summed E-state index contributed by atoms with van der Waals surface area (Å²) in [6, 6.07) is 16.2. The second-order valence-electron chi connectivity index (χ2n) is 7.77. The summed E-state index contributed by atoms with van der Waals surface area (Å²) in [5.41, 5.74) is 12.2. The van der Waals surface area contributed by atoms with E-state index in [2.05, 4.69) is 48.3 Å². The molecule has 0 spiro atoms. The number of nitriles is 1. The normalized spacial score (nSPS) is 15.5. The van der Waals surface area contributed by atoms with Crippen molar-refractivity contribution in [3.05, 3.63) is 76.2 Å². The SMILES string of the molecule is Cc1ccc(-c2[nH]nc3c2C(c2ccccc2OC(C)C)C(C#N)=C(N)O3)c(C)c1. The van der Waals surface area contributed by atoms with E-state index in [1.54, 1.807) is 0 Å². The number of nitrogens with zero attached hydrogens (tertiary/aromatic N) is 2. The van der Waals surface area contributed by atoms with E-state index in [4.69, 9.17) is 15.2 Å². The van der Waals surface area contributed by atoms with Crippen LogP contribution in [0.5, 0.6) is 11.6 Å². The van der Waals surface area contributed by atoms with Crippen molar-refractivity contribution in [3.63, 3.8) is 0 Å². The van der Waals surface area contributed by atoms with Crippen LogP contribution >= 0.6 is 0 Å². The third kappa shape index (κ3) is 3.29. The molecule has 0 fully saturated rings. The second kappa shape index (κ2) is 7.60. The van der Waals surface area contributed by atoms with Crippen molar-refractivity contribution in [1.82, 2.24) is 10.2 Å². The molecule has 3 aromatic rings. The van der Waals surface area contributed by atoms with E-state index in [1.807, 2.05) is 38.1 Å². The van der Waals surface area contributed by atoms with Gasteiger partial charge in [-0.15, -0.1) is 5.10 Å². The average molecular weight is 400 g/mol. The van der Waals surface area contributed by atoms with Crippen LogP contribution in [-0.2, 0) is 0 Å². The van der Waals surface area contributed by atoms with Crippen LogP contribution in [0.15, 0.2) is 53.9 Å². The third-order valence-electron chi connectivity index (χ3n) is 5.18. The fraction of sp³-hybridized carbons (Fsp3) is 0.250. The second-order valence-corrected chi connectivity index (χ2v) is 7.77. The molecule has 0 bridgehead atoms. The topological polar surface area (TPSA) is 97.0 Å².